The quantitative estimate of drug-likeness (QED) is 0.799. The number of thiazole rings is 1. The number of nitrogens with two attached hydrogens (primary N) is 1. The molecule has 0 saturated carbocycles. The summed E-state index contributed by atoms with van der Waals surface area (Å²) in [5.41, 5.74) is 7.16. The Balaban J connectivity index is 2.03. The molecule has 76 valence electrons. The van der Waals surface area contributed by atoms with E-state index in [1.54, 1.807) is 11.3 Å². The number of hydrogen-bond donors (Lipinski definition) is 2. The summed E-state index contributed by atoms with van der Waals surface area (Å²) in [4.78, 5) is 4.30. The van der Waals surface area contributed by atoms with Gasteiger partial charge in [-0.2, -0.15) is 0 Å². The zero-order valence-corrected chi connectivity index (χ0v) is 10.1. The van der Waals surface area contributed by atoms with Crippen molar-refractivity contribution < 1.29 is 0 Å². The van der Waals surface area contributed by atoms with Gasteiger partial charge in [0.2, 0.25) is 0 Å². The fourth-order valence-corrected chi connectivity index (χ4v) is 2.86. The van der Waals surface area contributed by atoms with Crippen LogP contribution in [0.4, 0.5) is 0 Å². The lowest BCUT2D eigenvalue weighted by Crippen LogP contribution is -2.38. The van der Waals surface area contributed by atoms with Crippen LogP contribution in [0.25, 0.3) is 0 Å². The summed E-state index contributed by atoms with van der Waals surface area (Å²) in [6, 6.07) is 0.155. The van der Waals surface area contributed by atoms with E-state index in [0.29, 0.717) is 0 Å². The number of aromatic nitrogens is 1. The summed E-state index contributed by atoms with van der Waals surface area (Å²) in [5.74, 6) is 0. The van der Waals surface area contributed by atoms with Crippen molar-refractivity contribution >= 4 is 27.3 Å². The van der Waals surface area contributed by atoms with Crippen LogP contribution in [0.1, 0.15) is 5.01 Å². The van der Waals surface area contributed by atoms with Crippen LogP contribution in [0.15, 0.2) is 21.6 Å². The number of rotatable bonds is 2. The maximum atomic E-state index is 5.82. The maximum Gasteiger partial charge on any atom is 0.0977 e. The molecule has 0 radical (unpaired) electrons. The Kier molecular flexibility index (Phi) is 3.33. The Morgan fingerprint density at radius 1 is 1.71 bits per heavy atom. The minimum atomic E-state index is 0.155. The highest BCUT2D eigenvalue weighted by molar-refractivity contribution is 9.11. The third-order valence-corrected chi connectivity index (χ3v) is 3.56. The van der Waals surface area contributed by atoms with E-state index in [1.165, 1.54) is 5.57 Å². The van der Waals surface area contributed by atoms with Gasteiger partial charge in [-0.1, -0.05) is 11.6 Å². The third-order valence-electron chi connectivity index (χ3n) is 2.09. The zero-order valence-electron chi connectivity index (χ0n) is 7.66. The van der Waals surface area contributed by atoms with Gasteiger partial charge in [0.1, 0.15) is 0 Å². The van der Waals surface area contributed by atoms with Crippen molar-refractivity contribution in [1.29, 1.82) is 0 Å². The van der Waals surface area contributed by atoms with Crippen molar-refractivity contribution in [1.82, 2.24) is 10.3 Å². The van der Waals surface area contributed by atoms with E-state index in [-0.39, 0.29) is 6.04 Å². The Labute approximate surface area is 95.5 Å². The molecule has 3 N–H and O–H groups in total. The number of halogens is 1. The number of nitrogens with one attached hydrogen (secondary N) is 1. The second kappa shape index (κ2) is 4.53. The molecule has 1 aliphatic heterocycles. The summed E-state index contributed by atoms with van der Waals surface area (Å²) < 4.78 is 1.08. The molecule has 0 bridgehead atoms. The Morgan fingerprint density at radius 3 is 3.21 bits per heavy atom. The lowest BCUT2D eigenvalue weighted by molar-refractivity contribution is 0.627. The van der Waals surface area contributed by atoms with E-state index in [4.69, 9.17) is 5.73 Å². The van der Waals surface area contributed by atoms with E-state index < -0.39 is 0 Å². The highest BCUT2D eigenvalue weighted by atomic mass is 79.9. The smallest absolute Gasteiger partial charge is 0.0977 e. The molecule has 3 nitrogen and oxygen atoms in total. The normalized spacial score (nSPS) is 22.1. The second-order valence-electron chi connectivity index (χ2n) is 3.35. The van der Waals surface area contributed by atoms with E-state index in [0.717, 1.165) is 28.3 Å². The molecule has 0 fully saturated rings. The van der Waals surface area contributed by atoms with Crippen molar-refractivity contribution in [2.24, 2.45) is 5.73 Å². The molecule has 0 saturated heterocycles. The molecule has 2 rings (SSSR count). The molecule has 1 unspecified atom stereocenters. The lowest BCUT2D eigenvalue weighted by atomic mass is 10.1. The van der Waals surface area contributed by atoms with Crippen LogP contribution >= 0.6 is 27.3 Å². The zero-order chi connectivity index (χ0) is 9.97. The molecule has 0 spiro atoms. The van der Waals surface area contributed by atoms with Gasteiger partial charge in [0.25, 0.3) is 0 Å². The van der Waals surface area contributed by atoms with Crippen LogP contribution in [0.5, 0.6) is 0 Å². The van der Waals surface area contributed by atoms with E-state index in [1.807, 2.05) is 6.20 Å². The molecule has 1 aliphatic rings. The Morgan fingerprint density at radius 2 is 2.57 bits per heavy atom. The van der Waals surface area contributed by atoms with Gasteiger partial charge in [-0.3, -0.25) is 0 Å². The van der Waals surface area contributed by atoms with Crippen LogP contribution in [-0.4, -0.2) is 24.1 Å². The molecule has 14 heavy (non-hydrogen) atoms. The van der Waals surface area contributed by atoms with E-state index >= 15 is 0 Å². The number of hydrogen-bond acceptors (Lipinski definition) is 4. The predicted molar refractivity (Wildman–Crippen MR) is 62.4 cm³/mol. The van der Waals surface area contributed by atoms with Gasteiger partial charge in [-0.15, -0.1) is 11.3 Å². The van der Waals surface area contributed by atoms with Gasteiger partial charge >= 0.3 is 0 Å². The van der Waals surface area contributed by atoms with Crippen LogP contribution < -0.4 is 11.1 Å². The molecular formula is C9H12BrN3S. The van der Waals surface area contributed by atoms with E-state index in [9.17, 15) is 0 Å². The maximum absolute atomic E-state index is 5.82. The predicted octanol–water partition coefficient (Wildman–Crippen LogP) is 1.31. The molecule has 1 aromatic rings. The molecule has 2 heterocycles. The minimum Gasteiger partial charge on any atom is -0.323 e. The van der Waals surface area contributed by atoms with Crippen LogP contribution in [-0.2, 0) is 6.42 Å². The second-order valence-corrected chi connectivity index (χ2v) is 5.85. The van der Waals surface area contributed by atoms with Crippen molar-refractivity contribution in [2.75, 3.05) is 13.1 Å². The molecular weight excluding hydrogens is 262 g/mol. The van der Waals surface area contributed by atoms with Crippen LogP contribution in [0.2, 0.25) is 0 Å². The molecule has 0 amide bonds. The first kappa shape index (κ1) is 10.3. The average Bonchev–Trinajstić information content (AvgIpc) is 2.51. The van der Waals surface area contributed by atoms with Crippen molar-refractivity contribution in [3.63, 3.8) is 0 Å². The SMILES string of the molecule is NC1C=C(Cc2ncc(Br)s2)CNC1. The number of nitrogens with zero attached hydrogens (tertiary/aromatic N) is 1. The third kappa shape index (κ3) is 2.63. The first-order valence-electron chi connectivity index (χ1n) is 4.50. The van der Waals surface area contributed by atoms with Gasteiger partial charge in [-0.05, 0) is 15.9 Å². The van der Waals surface area contributed by atoms with E-state index in [2.05, 4.69) is 32.3 Å². The Bertz CT molecular complexity index is 348. The van der Waals surface area contributed by atoms with Gasteiger partial charge in [0.15, 0.2) is 0 Å². The van der Waals surface area contributed by atoms with Crippen molar-refractivity contribution in [2.45, 2.75) is 12.5 Å². The first-order valence-corrected chi connectivity index (χ1v) is 6.11. The highest BCUT2D eigenvalue weighted by Crippen LogP contribution is 2.21. The fraction of sp³-hybridized carbons (Fsp3) is 0.444. The summed E-state index contributed by atoms with van der Waals surface area (Å²) in [5, 5.41) is 4.42. The molecule has 5 heteroatoms. The average molecular weight is 274 g/mol. The van der Waals surface area contributed by atoms with Gasteiger partial charge < -0.3 is 11.1 Å². The van der Waals surface area contributed by atoms with Crippen LogP contribution in [0, 0.1) is 0 Å². The molecule has 1 aromatic heterocycles. The summed E-state index contributed by atoms with van der Waals surface area (Å²) >= 11 is 5.08. The standard InChI is InChI=1S/C9H12BrN3S/c10-8-5-13-9(14-8)2-6-1-7(11)4-12-3-6/h1,5,7,12H,2-4,11H2. The van der Waals surface area contributed by atoms with Gasteiger partial charge in [-0.25, -0.2) is 4.98 Å². The summed E-state index contributed by atoms with van der Waals surface area (Å²) in [6.07, 6.45) is 4.90. The van der Waals surface area contributed by atoms with Crippen LogP contribution in [0.3, 0.4) is 0 Å². The monoisotopic (exact) mass is 273 g/mol. The lowest BCUT2D eigenvalue weighted by Gasteiger charge is -2.18. The topological polar surface area (TPSA) is 50.9 Å². The van der Waals surface area contributed by atoms with Gasteiger partial charge in [0.05, 0.1) is 15.0 Å². The highest BCUT2D eigenvalue weighted by Gasteiger charge is 2.10. The van der Waals surface area contributed by atoms with Crippen molar-refractivity contribution in [3.8, 4) is 0 Å². The summed E-state index contributed by atoms with van der Waals surface area (Å²) in [7, 11) is 0. The minimum absolute atomic E-state index is 0.155. The fourth-order valence-electron chi connectivity index (χ4n) is 1.51. The molecule has 1 atom stereocenters. The largest absolute Gasteiger partial charge is 0.323 e. The summed E-state index contributed by atoms with van der Waals surface area (Å²) in [6.45, 7) is 1.82. The first-order chi connectivity index (χ1) is 6.74. The van der Waals surface area contributed by atoms with Crippen molar-refractivity contribution in [3.05, 3.63) is 26.6 Å². The molecule has 0 aliphatic carbocycles. The molecule has 0 aromatic carbocycles. The Hall–Kier alpha value is -0.230. The van der Waals surface area contributed by atoms with Gasteiger partial charge in [0, 0.05) is 25.6 Å².